The average molecular weight is 491 g/mol. The highest BCUT2D eigenvalue weighted by atomic mass is 32.2. The molecule has 0 radical (unpaired) electrons. The van der Waals surface area contributed by atoms with E-state index >= 15 is 0 Å². The van der Waals surface area contributed by atoms with Crippen molar-refractivity contribution in [3.63, 3.8) is 0 Å². The van der Waals surface area contributed by atoms with E-state index < -0.39 is 10.0 Å². The molecule has 4 aromatic rings. The van der Waals surface area contributed by atoms with Gasteiger partial charge in [-0.2, -0.15) is 4.31 Å². The van der Waals surface area contributed by atoms with Crippen LogP contribution in [0.5, 0.6) is 0 Å². The van der Waals surface area contributed by atoms with Crippen molar-refractivity contribution in [3.8, 4) is 0 Å². The molecule has 180 valence electrons. The van der Waals surface area contributed by atoms with E-state index in [1.807, 2.05) is 35.9 Å². The number of para-hydroxylation sites is 2. The molecule has 8 nitrogen and oxygen atoms in total. The number of benzene rings is 3. The zero-order valence-electron chi connectivity index (χ0n) is 19.3. The highest BCUT2D eigenvalue weighted by molar-refractivity contribution is 7.89. The number of likely N-dealkylation sites (N-methyl/N-ethyl adjacent to an activating group) is 1. The summed E-state index contributed by atoms with van der Waals surface area (Å²) in [6.45, 7) is 2.19. The molecule has 1 aliphatic heterocycles. The first-order chi connectivity index (χ1) is 16.8. The second-order valence-electron chi connectivity index (χ2n) is 8.73. The van der Waals surface area contributed by atoms with Gasteiger partial charge in [0, 0.05) is 42.6 Å². The lowest BCUT2D eigenvalue weighted by atomic mass is 10.1. The van der Waals surface area contributed by atoms with Gasteiger partial charge in [-0.1, -0.05) is 30.3 Å². The molecule has 1 fully saturated rings. The first-order valence-corrected chi connectivity index (χ1v) is 12.9. The van der Waals surface area contributed by atoms with Gasteiger partial charge in [-0.15, -0.1) is 0 Å². The van der Waals surface area contributed by atoms with Crippen molar-refractivity contribution in [2.24, 2.45) is 0 Å². The first kappa shape index (κ1) is 23.2. The molecule has 5 rings (SSSR count). The van der Waals surface area contributed by atoms with E-state index in [1.165, 1.54) is 10.4 Å². The maximum Gasteiger partial charge on any atom is 0.244 e. The van der Waals surface area contributed by atoms with Gasteiger partial charge in [0.2, 0.25) is 15.9 Å². The number of carbonyl (C=O) groups is 1. The number of sulfonamides is 1. The molecule has 0 saturated carbocycles. The van der Waals surface area contributed by atoms with Gasteiger partial charge < -0.3 is 14.8 Å². The Morgan fingerprint density at radius 2 is 1.46 bits per heavy atom. The third kappa shape index (κ3) is 4.45. The maximum absolute atomic E-state index is 13.1. The van der Waals surface area contributed by atoms with Crippen LogP contribution in [0.15, 0.2) is 82.5 Å². The van der Waals surface area contributed by atoms with Crippen molar-refractivity contribution in [1.29, 1.82) is 0 Å². The molecule has 1 saturated heterocycles. The van der Waals surface area contributed by atoms with E-state index in [9.17, 15) is 18.0 Å². The van der Waals surface area contributed by atoms with Crippen molar-refractivity contribution in [3.05, 3.63) is 83.0 Å². The van der Waals surface area contributed by atoms with E-state index in [4.69, 9.17) is 0 Å². The molecule has 1 N–H and O–H groups in total. The van der Waals surface area contributed by atoms with Crippen LogP contribution in [0.25, 0.3) is 21.8 Å². The second-order valence-corrected chi connectivity index (χ2v) is 10.7. The number of nitrogens with zero attached hydrogens (tertiary/aromatic N) is 3. The summed E-state index contributed by atoms with van der Waals surface area (Å²) in [7, 11) is -1.68. The highest BCUT2D eigenvalue weighted by Gasteiger charge is 2.27. The Kier molecular flexibility index (Phi) is 6.14. The normalized spacial score (nSPS) is 15.5. The second kappa shape index (κ2) is 9.26. The predicted octanol–water partition coefficient (Wildman–Crippen LogP) is 2.73. The van der Waals surface area contributed by atoms with Crippen molar-refractivity contribution in [2.75, 3.05) is 38.5 Å². The summed E-state index contributed by atoms with van der Waals surface area (Å²) in [6.07, 6.45) is 0. The number of anilines is 1. The summed E-state index contributed by atoms with van der Waals surface area (Å²) in [4.78, 5) is 28.2. The Bertz CT molecular complexity index is 1530. The van der Waals surface area contributed by atoms with Gasteiger partial charge in [0.1, 0.15) is 6.54 Å². The van der Waals surface area contributed by atoms with Crippen LogP contribution in [0, 0.1) is 0 Å². The molecule has 0 aliphatic carbocycles. The van der Waals surface area contributed by atoms with Gasteiger partial charge in [0.25, 0.3) is 0 Å². The summed E-state index contributed by atoms with van der Waals surface area (Å²) < 4.78 is 29.5. The van der Waals surface area contributed by atoms with Crippen LogP contribution < -0.4 is 10.7 Å². The molecule has 0 atom stereocenters. The summed E-state index contributed by atoms with van der Waals surface area (Å²) >= 11 is 0. The summed E-state index contributed by atoms with van der Waals surface area (Å²) in [6, 6.07) is 20.8. The van der Waals surface area contributed by atoms with Crippen LogP contribution in [0.1, 0.15) is 0 Å². The van der Waals surface area contributed by atoms with Crippen molar-refractivity contribution in [1.82, 2.24) is 13.8 Å². The van der Waals surface area contributed by atoms with E-state index in [0.29, 0.717) is 53.7 Å². The number of nitrogens with one attached hydrogen (secondary N) is 1. The van der Waals surface area contributed by atoms with Gasteiger partial charge in [-0.05, 0) is 49.5 Å². The molecule has 0 unspecified atom stereocenters. The van der Waals surface area contributed by atoms with E-state index in [-0.39, 0.29) is 22.8 Å². The Hall–Kier alpha value is -3.53. The third-order valence-corrected chi connectivity index (χ3v) is 8.29. The fourth-order valence-electron chi connectivity index (χ4n) is 4.50. The molecular formula is C26H26N4O4S. The van der Waals surface area contributed by atoms with Crippen LogP contribution in [0.3, 0.4) is 0 Å². The minimum Gasteiger partial charge on any atom is -0.331 e. The number of hydrogen-bond acceptors (Lipinski definition) is 5. The first-order valence-electron chi connectivity index (χ1n) is 11.4. The Balaban J connectivity index is 1.43. The highest BCUT2D eigenvalue weighted by Crippen LogP contribution is 2.22. The lowest BCUT2D eigenvalue weighted by Crippen LogP contribution is -2.47. The van der Waals surface area contributed by atoms with Crippen molar-refractivity contribution in [2.45, 2.75) is 11.4 Å². The van der Waals surface area contributed by atoms with Gasteiger partial charge in [0.15, 0.2) is 5.43 Å². The Morgan fingerprint density at radius 3 is 2.09 bits per heavy atom. The number of hydrogen-bond donors (Lipinski definition) is 1. The molecule has 0 spiro atoms. The van der Waals surface area contributed by atoms with Gasteiger partial charge in [-0.3, -0.25) is 9.59 Å². The predicted molar refractivity (Wildman–Crippen MR) is 137 cm³/mol. The minimum absolute atomic E-state index is 0.0310. The molecule has 1 aliphatic rings. The summed E-state index contributed by atoms with van der Waals surface area (Å²) in [5.41, 5.74) is 1.66. The minimum atomic E-state index is -3.65. The van der Waals surface area contributed by atoms with Crippen LogP contribution in [0.4, 0.5) is 5.69 Å². The fourth-order valence-corrected chi connectivity index (χ4v) is 5.97. The van der Waals surface area contributed by atoms with Crippen LogP contribution in [-0.4, -0.2) is 61.3 Å². The number of pyridine rings is 1. The quantitative estimate of drug-likeness (QED) is 0.435. The monoisotopic (exact) mass is 490 g/mol. The van der Waals surface area contributed by atoms with Crippen LogP contribution >= 0.6 is 0 Å². The number of carbonyl (C=O) groups excluding carboxylic acids is 1. The van der Waals surface area contributed by atoms with Crippen LogP contribution in [0.2, 0.25) is 0 Å². The number of fused-ring (bicyclic) bond motifs is 2. The standard InChI is InChI=1S/C26H26N4O4S/c1-28-13-15-29(16-14-28)35(33,34)20-8-6-7-19(17-20)27-25(31)18-30-23-11-4-2-9-21(23)26(32)22-10-3-5-12-24(22)30/h2-12,17H,13-16,18H2,1H3,(H,27,31). The number of piperazine rings is 1. The SMILES string of the molecule is CN1CCN(S(=O)(=O)c2cccc(NC(=O)Cn3c4ccccc4c(=O)c4ccccc43)c2)CC1. The van der Waals surface area contributed by atoms with Crippen molar-refractivity contribution >= 4 is 43.4 Å². The molecule has 35 heavy (non-hydrogen) atoms. The fraction of sp³-hybridized carbons (Fsp3) is 0.231. The molecule has 2 heterocycles. The third-order valence-electron chi connectivity index (χ3n) is 6.40. The van der Waals surface area contributed by atoms with Crippen LogP contribution in [-0.2, 0) is 21.4 Å². The zero-order chi connectivity index (χ0) is 24.6. The van der Waals surface area contributed by atoms with E-state index in [2.05, 4.69) is 10.2 Å². The molecule has 1 aromatic heterocycles. The molecule has 1 amide bonds. The lowest BCUT2D eigenvalue weighted by Gasteiger charge is -2.31. The Labute approximate surface area is 203 Å². The van der Waals surface area contributed by atoms with E-state index in [0.717, 1.165) is 0 Å². The smallest absolute Gasteiger partial charge is 0.244 e. The number of rotatable bonds is 5. The van der Waals surface area contributed by atoms with Gasteiger partial charge in [0.05, 0.1) is 15.9 Å². The average Bonchev–Trinajstić information content (AvgIpc) is 2.87. The summed E-state index contributed by atoms with van der Waals surface area (Å²) in [5, 5.41) is 3.91. The molecular weight excluding hydrogens is 464 g/mol. The van der Waals surface area contributed by atoms with E-state index in [1.54, 1.807) is 42.5 Å². The molecule has 9 heteroatoms. The molecule has 0 bridgehead atoms. The lowest BCUT2D eigenvalue weighted by molar-refractivity contribution is -0.116. The molecule has 3 aromatic carbocycles. The van der Waals surface area contributed by atoms with Gasteiger partial charge in [-0.25, -0.2) is 8.42 Å². The Morgan fingerprint density at radius 1 is 0.857 bits per heavy atom. The summed E-state index contributed by atoms with van der Waals surface area (Å²) in [5.74, 6) is -0.321. The number of aromatic nitrogens is 1. The number of amides is 1. The van der Waals surface area contributed by atoms with Gasteiger partial charge >= 0.3 is 0 Å². The zero-order valence-corrected chi connectivity index (χ0v) is 20.2. The maximum atomic E-state index is 13.1. The van der Waals surface area contributed by atoms with Crippen molar-refractivity contribution < 1.29 is 13.2 Å². The largest absolute Gasteiger partial charge is 0.331 e. The topological polar surface area (TPSA) is 91.7 Å².